The van der Waals surface area contributed by atoms with E-state index in [2.05, 4.69) is 46.9 Å². The van der Waals surface area contributed by atoms with Crippen LogP contribution in [0.15, 0.2) is 59.5 Å². The third kappa shape index (κ3) is 11.3. The molecule has 0 saturated heterocycles. The fourth-order valence-electron chi connectivity index (χ4n) is 4.72. The monoisotopic (exact) mass is 642 g/mol. The molecule has 4 rings (SSSR count). The first-order valence-corrected chi connectivity index (χ1v) is 15.7. The molecule has 2 heterocycles. The molecule has 252 valence electrons. The Morgan fingerprint density at radius 2 is 1.54 bits per heavy atom. The lowest BCUT2D eigenvalue weighted by molar-refractivity contribution is -0.274. The third-order valence-corrected chi connectivity index (χ3v) is 7.40. The molecule has 0 aliphatic carbocycles. The SMILES string of the molecule is CC(C)(C)c1cc(CCCCN)cc(OC(F)(F)F)c1.CC(C)(C)c1cc2cn(-c3ccc(CNCCCN)cc3)c(=O)nc2[nH]1. The van der Waals surface area contributed by atoms with Crippen LogP contribution in [0.3, 0.4) is 0 Å². The average molecular weight is 643 g/mol. The Bertz CT molecular complexity index is 1600. The average Bonchev–Trinajstić information content (AvgIpc) is 3.38. The number of aryl methyl sites for hydroxylation is 1. The molecule has 0 aliphatic rings. The number of nitrogens with zero attached hydrogens (tertiary/aromatic N) is 2. The van der Waals surface area contributed by atoms with E-state index in [9.17, 15) is 18.0 Å². The summed E-state index contributed by atoms with van der Waals surface area (Å²) in [4.78, 5) is 19.9. The lowest BCUT2D eigenvalue weighted by Gasteiger charge is -2.21. The van der Waals surface area contributed by atoms with Crippen LogP contribution in [0.1, 0.15) is 83.2 Å². The number of rotatable bonds is 11. The zero-order valence-electron chi connectivity index (χ0n) is 27.9. The van der Waals surface area contributed by atoms with Crippen LogP contribution in [0.25, 0.3) is 16.7 Å². The molecular weight excluding hydrogens is 593 g/mol. The van der Waals surface area contributed by atoms with E-state index in [0.717, 1.165) is 60.2 Å². The number of hydrogen-bond acceptors (Lipinski definition) is 6. The molecular formula is C35H49F3N6O2. The minimum absolute atomic E-state index is 0.0207. The van der Waals surface area contributed by atoms with Crippen LogP contribution in [0.2, 0.25) is 0 Å². The van der Waals surface area contributed by atoms with Gasteiger partial charge in [0.05, 0.1) is 5.69 Å². The Morgan fingerprint density at radius 3 is 2.13 bits per heavy atom. The molecule has 0 bridgehead atoms. The molecule has 4 aromatic rings. The molecule has 6 N–H and O–H groups in total. The summed E-state index contributed by atoms with van der Waals surface area (Å²) in [7, 11) is 0. The van der Waals surface area contributed by atoms with Crippen LogP contribution in [-0.4, -0.2) is 40.5 Å². The van der Waals surface area contributed by atoms with E-state index in [1.165, 1.54) is 17.7 Å². The number of alkyl halides is 3. The number of ether oxygens (including phenoxy) is 1. The summed E-state index contributed by atoms with van der Waals surface area (Å²) >= 11 is 0. The van der Waals surface area contributed by atoms with Crippen LogP contribution in [0.5, 0.6) is 5.75 Å². The zero-order valence-corrected chi connectivity index (χ0v) is 27.9. The molecule has 0 unspecified atom stereocenters. The maximum Gasteiger partial charge on any atom is 0.573 e. The predicted octanol–water partition coefficient (Wildman–Crippen LogP) is 6.61. The van der Waals surface area contributed by atoms with Gasteiger partial charge in [-0.2, -0.15) is 4.98 Å². The van der Waals surface area contributed by atoms with Crippen LogP contribution in [0.4, 0.5) is 13.2 Å². The van der Waals surface area contributed by atoms with Gasteiger partial charge in [0.25, 0.3) is 0 Å². The number of aromatic nitrogens is 3. The quantitative estimate of drug-likeness (QED) is 0.137. The van der Waals surface area contributed by atoms with E-state index in [1.54, 1.807) is 4.57 Å². The van der Waals surface area contributed by atoms with Crippen molar-refractivity contribution in [2.45, 2.75) is 91.0 Å². The number of aromatic amines is 1. The van der Waals surface area contributed by atoms with Gasteiger partial charge in [0.1, 0.15) is 11.4 Å². The van der Waals surface area contributed by atoms with E-state index in [0.29, 0.717) is 25.2 Å². The second-order valence-corrected chi connectivity index (χ2v) is 13.5. The lowest BCUT2D eigenvalue weighted by atomic mass is 9.85. The van der Waals surface area contributed by atoms with Gasteiger partial charge in [-0.15, -0.1) is 13.2 Å². The molecule has 0 aliphatic heterocycles. The van der Waals surface area contributed by atoms with Crippen molar-refractivity contribution >= 4 is 11.0 Å². The van der Waals surface area contributed by atoms with Crippen LogP contribution >= 0.6 is 0 Å². The smallest absolute Gasteiger partial charge is 0.406 e. The summed E-state index contributed by atoms with van der Waals surface area (Å²) < 4.78 is 42.8. The molecule has 0 radical (unpaired) electrons. The van der Waals surface area contributed by atoms with E-state index in [1.807, 2.05) is 57.3 Å². The maximum atomic E-state index is 12.4. The first-order chi connectivity index (χ1) is 21.5. The highest BCUT2D eigenvalue weighted by Gasteiger charge is 2.31. The van der Waals surface area contributed by atoms with Crippen LogP contribution < -0.4 is 27.2 Å². The third-order valence-electron chi connectivity index (χ3n) is 7.40. The van der Waals surface area contributed by atoms with E-state index >= 15 is 0 Å². The van der Waals surface area contributed by atoms with Gasteiger partial charge in [-0.1, -0.05) is 59.7 Å². The van der Waals surface area contributed by atoms with E-state index < -0.39 is 6.36 Å². The van der Waals surface area contributed by atoms with Gasteiger partial charge in [0.15, 0.2) is 0 Å². The Balaban J connectivity index is 0.000000260. The van der Waals surface area contributed by atoms with E-state index in [-0.39, 0.29) is 22.3 Å². The summed E-state index contributed by atoms with van der Waals surface area (Å²) in [5.74, 6) is -0.146. The number of nitrogens with two attached hydrogens (primary N) is 2. The summed E-state index contributed by atoms with van der Waals surface area (Å²) in [6.07, 6.45) is 0.572. The zero-order chi connectivity index (χ0) is 34.1. The minimum Gasteiger partial charge on any atom is -0.406 e. The summed E-state index contributed by atoms with van der Waals surface area (Å²) in [5, 5.41) is 4.28. The number of halogens is 3. The van der Waals surface area contributed by atoms with Crippen molar-refractivity contribution in [2.75, 3.05) is 19.6 Å². The number of fused-ring (bicyclic) bond motifs is 1. The fraction of sp³-hybridized carbons (Fsp3) is 0.486. The molecule has 11 heteroatoms. The van der Waals surface area contributed by atoms with Gasteiger partial charge < -0.3 is 26.5 Å². The van der Waals surface area contributed by atoms with Crippen molar-refractivity contribution < 1.29 is 17.9 Å². The lowest BCUT2D eigenvalue weighted by Crippen LogP contribution is -2.21. The fourth-order valence-corrected chi connectivity index (χ4v) is 4.72. The highest BCUT2D eigenvalue weighted by molar-refractivity contribution is 5.76. The Labute approximate surface area is 269 Å². The van der Waals surface area contributed by atoms with Crippen molar-refractivity contribution in [3.05, 3.63) is 87.6 Å². The molecule has 2 aromatic heterocycles. The topological polar surface area (TPSA) is 124 Å². The van der Waals surface area contributed by atoms with Gasteiger partial charge in [0, 0.05) is 29.2 Å². The molecule has 8 nitrogen and oxygen atoms in total. The van der Waals surface area contributed by atoms with Crippen molar-refractivity contribution in [3.63, 3.8) is 0 Å². The highest BCUT2D eigenvalue weighted by atomic mass is 19.4. The number of H-pyrrole nitrogens is 1. The molecule has 0 saturated carbocycles. The number of nitrogens with one attached hydrogen (secondary N) is 2. The second kappa shape index (κ2) is 15.8. The van der Waals surface area contributed by atoms with Gasteiger partial charge in [0.2, 0.25) is 0 Å². The number of unbranched alkanes of at least 4 members (excludes halogenated alkanes) is 1. The molecule has 0 atom stereocenters. The first-order valence-electron chi connectivity index (χ1n) is 15.7. The van der Waals surface area contributed by atoms with Gasteiger partial charge in [-0.3, -0.25) is 4.57 Å². The van der Waals surface area contributed by atoms with Crippen LogP contribution in [-0.2, 0) is 23.8 Å². The Kier molecular flexibility index (Phi) is 12.6. The molecule has 0 amide bonds. The van der Waals surface area contributed by atoms with Gasteiger partial charge >= 0.3 is 12.1 Å². The summed E-state index contributed by atoms with van der Waals surface area (Å²) in [6.45, 7) is 15.3. The van der Waals surface area contributed by atoms with Crippen molar-refractivity contribution in [1.29, 1.82) is 0 Å². The summed E-state index contributed by atoms with van der Waals surface area (Å²) in [5.41, 5.74) is 15.8. The largest absolute Gasteiger partial charge is 0.573 e. The molecule has 0 spiro atoms. The number of hydrogen-bond donors (Lipinski definition) is 4. The predicted molar refractivity (Wildman–Crippen MR) is 180 cm³/mol. The normalized spacial score (nSPS) is 12.2. The second-order valence-electron chi connectivity index (χ2n) is 13.5. The van der Waals surface area contributed by atoms with Crippen molar-refractivity contribution in [2.24, 2.45) is 11.5 Å². The standard InChI is InChI=1S/C20H27N5O.C15H22F3NO/c1-20(2,3)17-11-15-13-25(19(26)24-18(15)23-17)16-7-5-14(6-8-16)12-22-10-4-9-21;1-14(2,3)12-8-11(6-4-5-7-19)9-13(10-12)20-15(16,17)18/h5-8,11,13,22H,4,9-10,12,21H2,1-3H3,(H,23,24,26);8-10H,4-7,19H2,1-3H3. The minimum atomic E-state index is -4.66. The highest BCUT2D eigenvalue weighted by Crippen LogP contribution is 2.31. The summed E-state index contributed by atoms with van der Waals surface area (Å²) in [6, 6.07) is 14.9. The van der Waals surface area contributed by atoms with E-state index in [4.69, 9.17) is 11.5 Å². The molecule has 0 fully saturated rings. The molecule has 46 heavy (non-hydrogen) atoms. The number of benzene rings is 2. The Hall–Kier alpha value is -3.67. The maximum absolute atomic E-state index is 12.4. The van der Waals surface area contributed by atoms with Crippen molar-refractivity contribution in [3.8, 4) is 11.4 Å². The van der Waals surface area contributed by atoms with Gasteiger partial charge in [-0.05, 0) is 97.8 Å². The Morgan fingerprint density at radius 1 is 0.870 bits per heavy atom. The molecule has 2 aromatic carbocycles. The van der Waals surface area contributed by atoms with Crippen molar-refractivity contribution in [1.82, 2.24) is 19.9 Å². The van der Waals surface area contributed by atoms with Crippen LogP contribution in [0, 0.1) is 0 Å². The van der Waals surface area contributed by atoms with Gasteiger partial charge in [-0.25, -0.2) is 4.79 Å². The first kappa shape index (κ1) is 36.8.